The lowest BCUT2D eigenvalue weighted by Gasteiger charge is -2.28. The van der Waals surface area contributed by atoms with Gasteiger partial charge in [-0.05, 0) is 42.8 Å². The highest BCUT2D eigenvalue weighted by molar-refractivity contribution is 7.92. The second-order valence-corrected chi connectivity index (χ2v) is 7.51. The van der Waals surface area contributed by atoms with Crippen LogP contribution in [0.4, 0.5) is 11.4 Å². The maximum absolute atomic E-state index is 12.6. The van der Waals surface area contributed by atoms with Crippen molar-refractivity contribution >= 4 is 33.0 Å². The monoisotopic (exact) mass is 352 g/mol. The number of sulfonamides is 1. The highest BCUT2D eigenvalue weighted by Gasteiger charge is 2.21. The molecule has 0 atom stereocenters. The number of fused-ring (bicyclic) bond motifs is 1. The summed E-state index contributed by atoms with van der Waals surface area (Å²) in [6.07, 6.45) is 0. The van der Waals surface area contributed by atoms with Gasteiger partial charge in [0.25, 0.3) is 10.0 Å². The van der Waals surface area contributed by atoms with E-state index in [9.17, 15) is 8.42 Å². The van der Waals surface area contributed by atoms with Crippen molar-refractivity contribution in [3.63, 3.8) is 0 Å². The lowest BCUT2D eigenvalue weighted by Crippen LogP contribution is -2.29. The number of nitrogens with zero attached hydrogens (tertiary/aromatic N) is 1. The standard InChI is InChI=1S/C16H17ClN2O3S/c1-11-13(17)4-3-5-14(11)18-23(20,21)12-6-7-16-15(10-12)19(2)8-9-22-16/h3-7,10,18H,8-9H2,1-2H3. The first-order valence-electron chi connectivity index (χ1n) is 7.14. The molecule has 0 radical (unpaired) electrons. The molecule has 5 nitrogen and oxygen atoms in total. The Bertz CT molecular complexity index is 852. The fourth-order valence-electron chi connectivity index (χ4n) is 2.42. The topological polar surface area (TPSA) is 58.6 Å². The smallest absolute Gasteiger partial charge is 0.261 e. The van der Waals surface area contributed by atoms with Crippen molar-refractivity contribution in [2.75, 3.05) is 29.8 Å². The number of halogens is 1. The van der Waals surface area contributed by atoms with E-state index >= 15 is 0 Å². The van der Waals surface area contributed by atoms with Gasteiger partial charge in [-0.1, -0.05) is 17.7 Å². The number of likely N-dealkylation sites (N-methyl/N-ethyl adjacent to an activating group) is 1. The van der Waals surface area contributed by atoms with Crippen LogP contribution in [0.3, 0.4) is 0 Å². The van der Waals surface area contributed by atoms with E-state index in [0.29, 0.717) is 28.6 Å². The van der Waals surface area contributed by atoms with E-state index in [1.54, 1.807) is 43.3 Å². The molecular weight excluding hydrogens is 336 g/mol. The molecule has 1 N–H and O–H groups in total. The summed E-state index contributed by atoms with van der Waals surface area (Å²) < 4.78 is 33.4. The van der Waals surface area contributed by atoms with E-state index in [2.05, 4.69) is 4.72 Å². The van der Waals surface area contributed by atoms with Crippen molar-refractivity contribution in [2.45, 2.75) is 11.8 Å². The Morgan fingerprint density at radius 1 is 1.26 bits per heavy atom. The number of rotatable bonds is 3. The molecule has 0 amide bonds. The summed E-state index contributed by atoms with van der Waals surface area (Å²) in [5.74, 6) is 0.691. The van der Waals surface area contributed by atoms with Crippen molar-refractivity contribution in [3.05, 3.63) is 47.0 Å². The van der Waals surface area contributed by atoms with Crippen molar-refractivity contribution in [1.29, 1.82) is 0 Å². The molecule has 0 saturated carbocycles. The molecule has 0 unspecified atom stereocenters. The van der Waals surface area contributed by atoms with Gasteiger partial charge in [0, 0.05) is 12.1 Å². The van der Waals surface area contributed by atoms with Crippen LogP contribution in [0.15, 0.2) is 41.3 Å². The number of anilines is 2. The lowest BCUT2D eigenvalue weighted by molar-refractivity contribution is 0.311. The van der Waals surface area contributed by atoms with Crippen LogP contribution >= 0.6 is 11.6 Å². The first-order chi connectivity index (χ1) is 10.9. The Labute approximate surface area is 140 Å². The van der Waals surface area contributed by atoms with E-state index in [1.807, 2.05) is 11.9 Å². The van der Waals surface area contributed by atoms with E-state index in [1.165, 1.54) is 0 Å². The summed E-state index contributed by atoms with van der Waals surface area (Å²) in [4.78, 5) is 2.16. The van der Waals surface area contributed by atoms with Gasteiger partial charge in [-0.25, -0.2) is 8.42 Å². The van der Waals surface area contributed by atoms with Gasteiger partial charge >= 0.3 is 0 Å². The average molecular weight is 353 g/mol. The molecule has 1 heterocycles. The zero-order valence-corrected chi connectivity index (χ0v) is 14.4. The third-order valence-corrected chi connectivity index (χ3v) is 5.62. The van der Waals surface area contributed by atoms with Crippen LogP contribution in [-0.4, -0.2) is 28.6 Å². The molecule has 2 aromatic carbocycles. The van der Waals surface area contributed by atoms with E-state index in [-0.39, 0.29) is 4.90 Å². The maximum atomic E-state index is 12.6. The fraction of sp³-hybridized carbons (Fsp3) is 0.250. The number of hydrogen-bond donors (Lipinski definition) is 1. The number of nitrogens with one attached hydrogen (secondary N) is 1. The summed E-state index contributed by atoms with van der Waals surface area (Å²) in [5.41, 5.74) is 1.93. The van der Waals surface area contributed by atoms with E-state index < -0.39 is 10.0 Å². The lowest BCUT2D eigenvalue weighted by atomic mass is 10.2. The Hall–Kier alpha value is -1.92. The molecule has 0 saturated heterocycles. The minimum absolute atomic E-state index is 0.188. The summed E-state index contributed by atoms with van der Waals surface area (Å²) in [6.45, 7) is 3.08. The fourth-order valence-corrected chi connectivity index (χ4v) is 3.74. The van der Waals surface area contributed by atoms with Crippen molar-refractivity contribution in [1.82, 2.24) is 0 Å². The Morgan fingerprint density at radius 2 is 2.04 bits per heavy atom. The largest absolute Gasteiger partial charge is 0.490 e. The number of ether oxygens (including phenoxy) is 1. The first kappa shape index (κ1) is 16.0. The molecule has 0 aliphatic carbocycles. The van der Waals surface area contributed by atoms with Crippen LogP contribution < -0.4 is 14.4 Å². The van der Waals surface area contributed by atoms with Gasteiger partial charge in [-0.3, -0.25) is 4.72 Å². The minimum atomic E-state index is -3.70. The molecule has 0 aromatic heterocycles. The molecule has 7 heteroatoms. The Morgan fingerprint density at radius 3 is 2.83 bits per heavy atom. The van der Waals surface area contributed by atoms with Crippen LogP contribution in [0, 0.1) is 6.92 Å². The first-order valence-corrected chi connectivity index (χ1v) is 9.00. The predicted molar refractivity (Wildman–Crippen MR) is 92.2 cm³/mol. The Kier molecular flexibility index (Phi) is 4.12. The number of benzene rings is 2. The van der Waals surface area contributed by atoms with Crippen LogP contribution in [0.5, 0.6) is 5.75 Å². The molecule has 0 bridgehead atoms. The van der Waals surface area contributed by atoms with Gasteiger partial charge in [0.15, 0.2) is 0 Å². The third kappa shape index (κ3) is 3.09. The molecule has 0 fully saturated rings. The molecule has 1 aliphatic rings. The van der Waals surface area contributed by atoms with Gasteiger partial charge in [0.05, 0.1) is 22.8 Å². The maximum Gasteiger partial charge on any atom is 0.261 e. The molecule has 3 rings (SSSR count). The second kappa shape index (κ2) is 5.94. The normalized spacial score (nSPS) is 14.1. The summed E-state index contributed by atoms with van der Waals surface area (Å²) in [6, 6.07) is 9.97. The van der Waals surface area contributed by atoms with Crippen LogP contribution in [-0.2, 0) is 10.0 Å². The minimum Gasteiger partial charge on any atom is -0.490 e. The van der Waals surface area contributed by atoms with Gasteiger partial charge in [-0.2, -0.15) is 0 Å². The van der Waals surface area contributed by atoms with Gasteiger partial charge in [-0.15, -0.1) is 0 Å². The third-order valence-electron chi connectivity index (χ3n) is 3.85. The van der Waals surface area contributed by atoms with Gasteiger partial charge < -0.3 is 9.64 Å². The molecule has 0 spiro atoms. The van der Waals surface area contributed by atoms with Crippen molar-refractivity contribution in [3.8, 4) is 5.75 Å². The zero-order valence-electron chi connectivity index (χ0n) is 12.8. The molecule has 1 aliphatic heterocycles. The van der Waals surface area contributed by atoms with E-state index in [0.717, 1.165) is 12.2 Å². The average Bonchev–Trinajstić information content (AvgIpc) is 2.52. The van der Waals surface area contributed by atoms with Crippen LogP contribution in [0.25, 0.3) is 0 Å². The zero-order chi connectivity index (χ0) is 16.6. The highest BCUT2D eigenvalue weighted by atomic mass is 35.5. The predicted octanol–water partition coefficient (Wildman–Crippen LogP) is 3.28. The van der Waals surface area contributed by atoms with Crippen molar-refractivity contribution < 1.29 is 13.2 Å². The second-order valence-electron chi connectivity index (χ2n) is 5.42. The molecular formula is C16H17ClN2O3S. The summed E-state index contributed by atoms with van der Waals surface area (Å²) in [7, 11) is -1.79. The molecule has 23 heavy (non-hydrogen) atoms. The van der Waals surface area contributed by atoms with E-state index in [4.69, 9.17) is 16.3 Å². The van der Waals surface area contributed by atoms with Crippen LogP contribution in [0.1, 0.15) is 5.56 Å². The summed E-state index contributed by atoms with van der Waals surface area (Å²) >= 11 is 6.04. The van der Waals surface area contributed by atoms with Gasteiger partial charge in [0.2, 0.25) is 0 Å². The molecule has 122 valence electrons. The Balaban J connectivity index is 1.97. The quantitative estimate of drug-likeness (QED) is 0.921. The van der Waals surface area contributed by atoms with Gasteiger partial charge in [0.1, 0.15) is 12.4 Å². The number of hydrogen-bond acceptors (Lipinski definition) is 4. The SMILES string of the molecule is Cc1c(Cl)cccc1NS(=O)(=O)c1ccc2c(c1)N(C)CCO2. The molecule has 2 aromatic rings. The summed E-state index contributed by atoms with van der Waals surface area (Å²) in [5, 5.41) is 0.517. The van der Waals surface area contributed by atoms with Crippen LogP contribution in [0.2, 0.25) is 5.02 Å². The highest BCUT2D eigenvalue weighted by Crippen LogP contribution is 2.33. The van der Waals surface area contributed by atoms with Crippen molar-refractivity contribution in [2.24, 2.45) is 0 Å².